The Morgan fingerprint density at radius 2 is 1.88 bits per heavy atom. The second kappa shape index (κ2) is 6.99. The molecule has 0 saturated heterocycles. The van der Waals surface area contributed by atoms with Gasteiger partial charge in [0.1, 0.15) is 11.5 Å². The molecule has 0 aliphatic carbocycles. The van der Waals surface area contributed by atoms with Crippen LogP contribution in [0.15, 0.2) is 47.6 Å². The van der Waals surface area contributed by atoms with Crippen molar-refractivity contribution in [3.8, 4) is 11.5 Å². The summed E-state index contributed by atoms with van der Waals surface area (Å²) in [5, 5.41) is 4.42. The van der Waals surface area contributed by atoms with Crippen LogP contribution in [-0.4, -0.2) is 39.0 Å². The highest BCUT2D eigenvalue weighted by atomic mass is 32.2. The molecule has 0 bridgehead atoms. The number of hydrogen-bond donors (Lipinski definition) is 0. The molecule has 2 aromatic rings. The third-order valence-electron chi connectivity index (χ3n) is 4.36. The standard InChI is InChI=1S/C19H22N2O4S/c1-13-6-5-7-14(10-13)18-12-17(20-21(18)26(4,22)23)16-9-8-15(24-2)11-19(16)25-3/h5-11,18H,12H2,1-4H3/t18-/m1/s1. The molecule has 1 heterocycles. The number of rotatable bonds is 5. The highest BCUT2D eigenvalue weighted by Crippen LogP contribution is 2.37. The molecule has 0 saturated carbocycles. The molecule has 0 N–H and O–H groups in total. The summed E-state index contributed by atoms with van der Waals surface area (Å²) in [7, 11) is -0.352. The zero-order valence-corrected chi connectivity index (χ0v) is 16.1. The largest absolute Gasteiger partial charge is 0.497 e. The molecule has 2 aromatic carbocycles. The van der Waals surface area contributed by atoms with E-state index < -0.39 is 10.0 Å². The van der Waals surface area contributed by atoms with Gasteiger partial charge >= 0.3 is 0 Å². The zero-order valence-electron chi connectivity index (χ0n) is 15.3. The molecule has 1 atom stereocenters. The van der Waals surface area contributed by atoms with Crippen LogP contribution in [-0.2, 0) is 10.0 Å². The number of hydrogen-bond acceptors (Lipinski definition) is 5. The van der Waals surface area contributed by atoms with Crippen molar-refractivity contribution in [2.45, 2.75) is 19.4 Å². The molecule has 0 radical (unpaired) electrons. The average Bonchev–Trinajstić information content (AvgIpc) is 3.06. The quantitative estimate of drug-likeness (QED) is 0.806. The fraction of sp³-hybridized carbons (Fsp3) is 0.316. The third kappa shape index (κ3) is 3.53. The predicted molar refractivity (Wildman–Crippen MR) is 101 cm³/mol. The highest BCUT2D eigenvalue weighted by Gasteiger charge is 2.35. The van der Waals surface area contributed by atoms with Gasteiger partial charge in [-0.15, -0.1) is 0 Å². The number of aryl methyl sites for hydroxylation is 1. The number of hydrazone groups is 1. The van der Waals surface area contributed by atoms with Crippen LogP contribution < -0.4 is 9.47 Å². The smallest absolute Gasteiger partial charge is 0.247 e. The molecule has 0 fully saturated rings. The van der Waals surface area contributed by atoms with E-state index >= 15 is 0 Å². The van der Waals surface area contributed by atoms with Gasteiger partial charge in [0.2, 0.25) is 10.0 Å². The highest BCUT2D eigenvalue weighted by molar-refractivity contribution is 7.88. The van der Waals surface area contributed by atoms with Gasteiger partial charge in [-0.3, -0.25) is 0 Å². The molecule has 7 heteroatoms. The minimum Gasteiger partial charge on any atom is -0.497 e. The zero-order chi connectivity index (χ0) is 18.9. The second-order valence-electron chi connectivity index (χ2n) is 6.28. The van der Waals surface area contributed by atoms with E-state index in [0.717, 1.165) is 16.7 Å². The summed E-state index contributed by atoms with van der Waals surface area (Å²) >= 11 is 0. The van der Waals surface area contributed by atoms with Gasteiger partial charge in [0.05, 0.1) is 32.2 Å². The summed E-state index contributed by atoms with van der Waals surface area (Å²) in [5.74, 6) is 1.26. The third-order valence-corrected chi connectivity index (χ3v) is 5.37. The van der Waals surface area contributed by atoms with Crippen LogP contribution in [0.25, 0.3) is 0 Å². The second-order valence-corrected chi connectivity index (χ2v) is 8.12. The Balaban J connectivity index is 2.05. The first kappa shape index (κ1) is 18.3. The molecule has 6 nitrogen and oxygen atoms in total. The molecule has 26 heavy (non-hydrogen) atoms. The molecule has 1 aliphatic rings. The molecule has 0 aromatic heterocycles. The lowest BCUT2D eigenvalue weighted by Gasteiger charge is -2.21. The molecular weight excluding hydrogens is 352 g/mol. The lowest BCUT2D eigenvalue weighted by Crippen LogP contribution is -2.25. The molecular formula is C19H22N2O4S. The topological polar surface area (TPSA) is 68.2 Å². The van der Waals surface area contributed by atoms with Crippen molar-refractivity contribution in [3.63, 3.8) is 0 Å². The maximum Gasteiger partial charge on any atom is 0.247 e. The minimum absolute atomic E-state index is 0.369. The summed E-state index contributed by atoms with van der Waals surface area (Å²) in [6.45, 7) is 1.98. The van der Waals surface area contributed by atoms with Crippen LogP contribution in [0.3, 0.4) is 0 Å². The van der Waals surface area contributed by atoms with Crippen molar-refractivity contribution in [3.05, 3.63) is 59.2 Å². The number of sulfonamides is 1. The molecule has 138 valence electrons. The van der Waals surface area contributed by atoms with Gasteiger partial charge in [-0.25, -0.2) is 8.42 Å². The van der Waals surface area contributed by atoms with Crippen molar-refractivity contribution < 1.29 is 17.9 Å². The van der Waals surface area contributed by atoms with Crippen LogP contribution in [0.1, 0.15) is 29.2 Å². The number of ether oxygens (including phenoxy) is 2. The first-order chi connectivity index (χ1) is 12.3. The molecule has 3 rings (SSSR count). The van der Waals surface area contributed by atoms with Gasteiger partial charge in [-0.05, 0) is 24.6 Å². The lowest BCUT2D eigenvalue weighted by molar-refractivity contribution is 0.374. The lowest BCUT2D eigenvalue weighted by atomic mass is 9.97. The number of methoxy groups -OCH3 is 2. The fourth-order valence-electron chi connectivity index (χ4n) is 3.12. The van der Waals surface area contributed by atoms with Crippen molar-refractivity contribution in [1.82, 2.24) is 4.41 Å². The molecule has 1 aliphatic heterocycles. The fourth-order valence-corrected chi connectivity index (χ4v) is 4.02. The summed E-state index contributed by atoms with van der Waals surface area (Å²) < 4.78 is 36.5. The van der Waals surface area contributed by atoms with E-state index in [9.17, 15) is 8.42 Å². The summed E-state index contributed by atoms with van der Waals surface area (Å²) in [5.41, 5.74) is 3.42. The molecule has 0 unspecified atom stereocenters. The van der Waals surface area contributed by atoms with E-state index in [-0.39, 0.29) is 6.04 Å². The van der Waals surface area contributed by atoms with Crippen LogP contribution >= 0.6 is 0 Å². The van der Waals surface area contributed by atoms with Crippen LogP contribution in [0.5, 0.6) is 11.5 Å². The van der Waals surface area contributed by atoms with E-state index in [2.05, 4.69) is 5.10 Å². The minimum atomic E-state index is -3.51. The predicted octanol–water partition coefficient (Wildman–Crippen LogP) is 3.12. The summed E-state index contributed by atoms with van der Waals surface area (Å²) in [6.07, 6.45) is 1.65. The van der Waals surface area contributed by atoms with Gasteiger partial charge in [0, 0.05) is 18.1 Å². The van der Waals surface area contributed by atoms with Gasteiger partial charge < -0.3 is 9.47 Å². The number of nitrogens with zero attached hydrogens (tertiary/aromatic N) is 2. The maximum absolute atomic E-state index is 12.3. The van der Waals surface area contributed by atoms with Gasteiger partial charge in [-0.2, -0.15) is 9.52 Å². The van der Waals surface area contributed by atoms with Gasteiger partial charge in [-0.1, -0.05) is 29.8 Å². The van der Waals surface area contributed by atoms with Crippen LogP contribution in [0.4, 0.5) is 0 Å². The number of benzene rings is 2. The first-order valence-electron chi connectivity index (χ1n) is 8.19. The van der Waals surface area contributed by atoms with Crippen molar-refractivity contribution in [2.75, 3.05) is 20.5 Å². The molecule has 0 amide bonds. The summed E-state index contributed by atoms with van der Waals surface area (Å²) in [4.78, 5) is 0. The van der Waals surface area contributed by atoms with Crippen LogP contribution in [0.2, 0.25) is 0 Å². The van der Waals surface area contributed by atoms with E-state index in [4.69, 9.17) is 9.47 Å². The maximum atomic E-state index is 12.3. The Labute approximate surface area is 154 Å². The Kier molecular flexibility index (Phi) is 4.91. The Morgan fingerprint density at radius 3 is 2.50 bits per heavy atom. The average molecular weight is 374 g/mol. The molecule has 0 spiro atoms. The van der Waals surface area contributed by atoms with Crippen LogP contribution in [0, 0.1) is 6.92 Å². The van der Waals surface area contributed by atoms with E-state index in [0.29, 0.717) is 23.6 Å². The summed E-state index contributed by atoms with van der Waals surface area (Å²) in [6, 6.07) is 12.9. The normalized spacial score (nSPS) is 17.2. The first-order valence-corrected chi connectivity index (χ1v) is 10.0. The van der Waals surface area contributed by atoms with Crippen molar-refractivity contribution >= 4 is 15.7 Å². The van der Waals surface area contributed by atoms with E-state index in [1.165, 1.54) is 10.7 Å². The van der Waals surface area contributed by atoms with E-state index in [1.54, 1.807) is 20.3 Å². The van der Waals surface area contributed by atoms with Gasteiger partial charge in [0.15, 0.2) is 0 Å². The SMILES string of the molecule is COc1ccc(C2=NN(S(C)(=O)=O)[C@@H](c3cccc(C)c3)C2)c(OC)c1. The van der Waals surface area contributed by atoms with E-state index in [1.807, 2.05) is 43.3 Å². The van der Waals surface area contributed by atoms with Crippen molar-refractivity contribution in [2.24, 2.45) is 5.10 Å². The van der Waals surface area contributed by atoms with Crippen molar-refractivity contribution in [1.29, 1.82) is 0 Å². The Morgan fingerprint density at radius 1 is 1.12 bits per heavy atom. The van der Waals surface area contributed by atoms with Gasteiger partial charge in [0.25, 0.3) is 0 Å². The monoisotopic (exact) mass is 374 g/mol. The Bertz CT molecular complexity index is 954. The Hall–Kier alpha value is -2.54.